The first kappa shape index (κ1) is 52.6. The lowest BCUT2D eigenvalue weighted by Crippen LogP contribution is -2.61. The van der Waals surface area contributed by atoms with Crippen LogP contribution in [0.1, 0.15) is 232 Å². The predicted octanol–water partition coefficient (Wildman–Crippen LogP) is 19.5. The van der Waals surface area contributed by atoms with Crippen LogP contribution in [-0.4, -0.2) is 6.71 Å². The number of hydrogen-bond acceptors (Lipinski definition) is 3. The van der Waals surface area contributed by atoms with Crippen molar-refractivity contribution >= 4 is 68.4 Å². The lowest BCUT2D eigenvalue weighted by molar-refractivity contribution is 0.0781. The second-order valence-corrected chi connectivity index (χ2v) is 32.0. The molecule has 2 fully saturated rings. The third kappa shape index (κ3) is 7.77. The molecule has 6 aromatic carbocycles. The molecule has 2 saturated carbocycles. The van der Waals surface area contributed by atoms with Gasteiger partial charge in [0.1, 0.15) is 5.58 Å². The Hall–Kier alpha value is -5.48. The highest BCUT2D eigenvalue weighted by atomic mass is 16.3. The summed E-state index contributed by atoms with van der Waals surface area (Å²) >= 11 is 0. The van der Waals surface area contributed by atoms with Gasteiger partial charge in [-0.05, 0) is 248 Å². The molecule has 414 valence electrons. The van der Waals surface area contributed by atoms with Crippen molar-refractivity contribution in [2.45, 2.75) is 225 Å². The zero-order valence-electron chi connectivity index (χ0n) is 51.8. The summed E-state index contributed by atoms with van der Waals surface area (Å²) < 4.78 is 7.90. The number of furan rings is 1. The van der Waals surface area contributed by atoms with Crippen LogP contribution in [0.3, 0.4) is 0 Å². The number of hydrogen-bond donors (Lipinski definition) is 0. The molecule has 3 heterocycles. The molecule has 4 heteroatoms. The molecule has 2 bridgehead atoms. The first-order chi connectivity index (χ1) is 37.7. The minimum Gasteiger partial charge on any atom is -0.468 e. The van der Waals surface area contributed by atoms with Gasteiger partial charge >= 0.3 is 0 Å². The van der Waals surface area contributed by atoms with E-state index in [1.165, 1.54) is 158 Å². The molecule has 7 aromatic rings. The van der Waals surface area contributed by atoms with Gasteiger partial charge in [-0.2, -0.15) is 0 Å². The molecule has 3 nitrogen and oxygen atoms in total. The molecule has 0 spiro atoms. The summed E-state index contributed by atoms with van der Waals surface area (Å²) in [6.45, 7) is 39.7. The normalized spacial score (nSPS) is 25.8. The summed E-state index contributed by atoms with van der Waals surface area (Å²) in [5, 5.41) is 1.25. The molecular weight excluding hydrogens is 968 g/mol. The lowest BCUT2D eigenvalue weighted by Gasteiger charge is -2.52. The summed E-state index contributed by atoms with van der Waals surface area (Å²) in [5.41, 5.74) is 27.4. The monoisotopic (exact) mass is 1060 g/mol. The van der Waals surface area contributed by atoms with Gasteiger partial charge in [-0.1, -0.05) is 159 Å². The van der Waals surface area contributed by atoms with Crippen LogP contribution < -0.4 is 26.4 Å². The maximum atomic E-state index is 7.90. The van der Waals surface area contributed by atoms with Crippen molar-refractivity contribution < 1.29 is 4.42 Å². The SMILES string of the molecule is CC1CC2CC(C)CC(c3cc4c5c(c3)N(c3ccc6c(c3)C(C)(C)CCC6(C)C)c3c(oc6cc7c(cc36)C(C)(C)CCC7(C)C)B5c3cc(C(C)C)ccc3N4c3cc4c(cc3-c3ccccc3)C(C)(C)CCC4(C)C)(C1)C2. The zero-order chi connectivity index (χ0) is 56.2. The molecule has 0 N–H and O–H groups in total. The van der Waals surface area contributed by atoms with Crippen LogP contribution in [0.25, 0.3) is 22.1 Å². The van der Waals surface area contributed by atoms with Crippen LogP contribution in [-0.2, 0) is 37.9 Å². The molecule has 1 aromatic heterocycles. The molecule has 0 saturated heterocycles. The van der Waals surface area contributed by atoms with Gasteiger partial charge in [0.15, 0.2) is 0 Å². The van der Waals surface area contributed by atoms with Gasteiger partial charge in [0.25, 0.3) is 6.71 Å². The van der Waals surface area contributed by atoms with Crippen LogP contribution in [0.15, 0.2) is 108 Å². The third-order valence-electron chi connectivity index (χ3n) is 23.0. The molecule has 14 rings (SSSR count). The summed E-state index contributed by atoms with van der Waals surface area (Å²) in [5.74, 6) is 2.45. The molecule has 7 aliphatic rings. The van der Waals surface area contributed by atoms with Crippen molar-refractivity contribution in [3.63, 3.8) is 0 Å². The first-order valence-electron chi connectivity index (χ1n) is 31.6. The third-order valence-corrected chi connectivity index (χ3v) is 23.0. The number of fused-ring (bicyclic) bond motifs is 11. The van der Waals surface area contributed by atoms with Gasteiger partial charge in [0.2, 0.25) is 0 Å². The molecule has 2 aliphatic heterocycles. The van der Waals surface area contributed by atoms with Crippen molar-refractivity contribution in [1.29, 1.82) is 0 Å². The second kappa shape index (κ2) is 17.3. The highest BCUT2D eigenvalue weighted by Gasteiger charge is 2.52. The summed E-state index contributed by atoms with van der Waals surface area (Å²) in [6, 6.07) is 42.7. The fraction of sp³-hybridized carbons (Fsp3) is 0.500. The Morgan fingerprint density at radius 1 is 0.500 bits per heavy atom. The Morgan fingerprint density at radius 3 is 1.64 bits per heavy atom. The molecular formula is C76H91BN2O. The Morgan fingerprint density at radius 2 is 1.04 bits per heavy atom. The van der Waals surface area contributed by atoms with E-state index in [-0.39, 0.29) is 44.6 Å². The molecule has 0 radical (unpaired) electrons. The molecule has 2 unspecified atom stereocenters. The van der Waals surface area contributed by atoms with E-state index < -0.39 is 0 Å². The number of anilines is 6. The molecule has 80 heavy (non-hydrogen) atoms. The van der Waals surface area contributed by atoms with Crippen LogP contribution in [0.4, 0.5) is 34.1 Å². The molecule has 0 amide bonds. The highest BCUT2D eigenvalue weighted by Crippen LogP contribution is 2.60. The largest absolute Gasteiger partial charge is 0.468 e. The Kier molecular flexibility index (Phi) is 11.4. The van der Waals surface area contributed by atoms with Crippen LogP contribution in [0.2, 0.25) is 0 Å². The Bertz CT molecular complexity index is 3690. The highest BCUT2D eigenvalue weighted by molar-refractivity contribution is 7.00. The topological polar surface area (TPSA) is 19.6 Å². The number of rotatable bonds is 5. The molecule has 5 aliphatic carbocycles. The minimum atomic E-state index is -0.127. The fourth-order valence-corrected chi connectivity index (χ4v) is 18.2. The average Bonchev–Trinajstić information content (AvgIpc) is 1.76. The van der Waals surface area contributed by atoms with Crippen molar-refractivity contribution in [2.24, 2.45) is 17.8 Å². The van der Waals surface area contributed by atoms with Gasteiger partial charge in [-0.3, -0.25) is 0 Å². The lowest BCUT2D eigenvalue weighted by atomic mass is 9.35. The van der Waals surface area contributed by atoms with Gasteiger partial charge in [-0.15, -0.1) is 0 Å². The molecule has 2 atom stereocenters. The van der Waals surface area contributed by atoms with Crippen LogP contribution in [0, 0.1) is 17.8 Å². The number of nitrogens with zero attached hydrogens (tertiary/aromatic N) is 2. The maximum Gasteiger partial charge on any atom is 0.297 e. The second-order valence-electron chi connectivity index (χ2n) is 32.0. The fourth-order valence-electron chi connectivity index (χ4n) is 18.2. The van der Waals surface area contributed by atoms with Crippen molar-refractivity contribution in [2.75, 3.05) is 9.80 Å². The Balaban J connectivity index is 1.16. The Labute approximate surface area is 481 Å². The number of benzene rings is 6. The van der Waals surface area contributed by atoms with E-state index in [1.54, 1.807) is 5.56 Å². The van der Waals surface area contributed by atoms with E-state index >= 15 is 0 Å². The van der Waals surface area contributed by atoms with Gasteiger partial charge in [-0.25, -0.2) is 0 Å². The smallest absolute Gasteiger partial charge is 0.297 e. The van der Waals surface area contributed by atoms with E-state index in [2.05, 4.69) is 224 Å². The summed E-state index contributed by atoms with van der Waals surface area (Å²) in [4.78, 5) is 5.59. The van der Waals surface area contributed by atoms with Crippen LogP contribution in [0.5, 0.6) is 0 Å². The predicted molar refractivity (Wildman–Crippen MR) is 342 cm³/mol. The standard InChI is InChI=1S/C76H91BN2O/c1-45(2)50-22-25-62-61(34-50)77-67-64(78(52-23-24-55-56(37-52)71(7,8)27-26-70(55,5)6)68-54-39-58-60(41-66(54)80-69(68)77)75(15,16)31-29-73(58,11)12)35-51(76-42-46(3)32-48(44-76)33-47(4)43-76)36-65(67)79(62)63-40-59-57(72(9,10)28-30-74(59,13)14)38-53(63)49-20-18-17-19-21-49/h17-25,34-41,45-48H,26-33,42-44H2,1-16H3. The van der Waals surface area contributed by atoms with E-state index in [9.17, 15) is 0 Å². The van der Waals surface area contributed by atoms with Crippen molar-refractivity contribution in [3.05, 3.63) is 148 Å². The minimum absolute atomic E-state index is 0.0141. The van der Waals surface area contributed by atoms with Crippen LogP contribution >= 0.6 is 0 Å². The zero-order valence-corrected chi connectivity index (χ0v) is 51.8. The quantitative estimate of drug-likeness (QED) is 0.160. The van der Waals surface area contributed by atoms with Gasteiger partial charge < -0.3 is 14.2 Å². The maximum absolute atomic E-state index is 7.90. The van der Waals surface area contributed by atoms with E-state index in [4.69, 9.17) is 4.42 Å². The van der Waals surface area contributed by atoms with Gasteiger partial charge in [0.05, 0.1) is 17.0 Å². The summed E-state index contributed by atoms with van der Waals surface area (Å²) in [6.07, 6.45) is 13.5. The van der Waals surface area contributed by atoms with E-state index in [0.717, 1.165) is 30.0 Å². The van der Waals surface area contributed by atoms with Crippen molar-refractivity contribution in [3.8, 4) is 11.1 Å². The summed E-state index contributed by atoms with van der Waals surface area (Å²) in [7, 11) is 0. The van der Waals surface area contributed by atoms with E-state index in [1.807, 2.05) is 0 Å². The first-order valence-corrected chi connectivity index (χ1v) is 31.6. The average molecular weight is 1060 g/mol. The van der Waals surface area contributed by atoms with Gasteiger partial charge in [0, 0.05) is 33.7 Å². The van der Waals surface area contributed by atoms with Crippen molar-refractivity contribution in [1.82, 2.24) is 0 Å². The van der Waals surface area contributed by atoms with E-state index in [0.29, 0.717) is 17.8 Å².